The highest BCUT2D eigenvalue weighted by Gasteiger charge is 2.44. The van der Waals surface area contributed by atoms with E-state index in [2.05, 4.69) is 31.9 Å². The largest absolute Gasteiger partial charge is 0.445 e. The molecule has 2 saturated heterocycles. The molecule has 4 rings (SSSR count). The standard InChI is InChI=1S/C68H107N11O15/c1-15-43(8)59(51(92-13)38-55(83)78-37-23-27-50(78)61(93-14)44(9)62(85)71-45(10)60(84)47-24-18-16-19-25-47)76(11)66(89)57(41(4)5)75-65(88)58(42(6)7)77(12)68(91)94-39-46-29-31-48(32-30-46)72-63(86)49(26-22-35-70-67(69)90)73-64(87)56(40(2)3)74-52(80)28-20-17-21-36-79-53(81)33-34-54(79)82/h16,18-19,24-25,29-32,40-45,49-51,56-61,84H,15,17,20-23,26-28,33-39H2,1-14H3,(H,71,85)(H,72,86)(H,73,87)(H,74,80)(H,75,88)(H3,69,70,90)/t43-,44+,45+,49-,50-,51+,56?,57-,58?,59-,60+,61+/m0/s1. The maximum atomic E-state index is 14.8. The molecule has 94 heavy (non-hydrogen) atoms. The summed E-state index contributed by atoms with van der Waals surface area (Å²) in [5.41, 5.74) is 6.78. The van der Waals surface area contributed by atoms with Crippen LogP contribution in [0.15, 0.2) is 54.6 Å². The highest BCUT2D eigenvalue weighted by molar-refractivity contribution is 6.02. The lowest BCUT2D eigenvalue weighted by Crippen LogP contribution is -2.60. The summed E-state index contributed by atoms with van der Waals surface area (Å²) in [4.78, 5) is 153. The summed E-state index contributed by atoms with van der Waals surface area (Å²) in [5, 5.41) is 27.6. The number of likely N-dealkylation sites (N-methyl/N-ethyl adjacent to an activating group) is 2. The summed E-state index contributed by atoms with van der Waals surface area (Å²) in [6.45, 7) is 18.7. The molecule has 26 heteroatoms. The van der Waals surface area contributed by atoms with E-state index in [0.717, 1.165) is 0 Å². The molecule has 12 amide bonds. The molecule has 2 unspecified atom stereocenters. The predicted molar refractivity (Wildman–Crippen MR) is 353 cm³/mol. The SMILES string of the molecule is CC[C@H](C)[C@@H]([C@@H](CC(=O)N1CCC[C@H]1[C@H](OC)[C@@H](C)C(=O)N[C@H](C)[C@@H](O)c1ccccc1)OC)N(C)C(=O)[C@@H](NC(=O)C(C(C)C)N(C)C(=O)OCc1ccc(NC(=O)[C@H](CCCNC(N)=O)NC(=O)C(NC(=O)CCCCCN2C(=O)CCC2=O)C(C)C)cc1)C(C)C. The van der Waals surface area contributed by atoms with Gasteiger partial charge in [0.25, 0.3) is 0 Å². The molecule has 9 N–H and O–H groups in total. The first-order valence-electron chi connectivity index (χ1n) is 33.2. The number of nitrogens with zero attached hydrogens (tertiary/aromatic N) is 4. The number of unbranched alkanes of at least 4 members (excludes halogenated alkanes) is 2. The Kier molecular flexibility index (Phi) is 32.3. The molecule has 0 radical (unpaired) electrons. The predicted octanol–water partition coefficient (Wildman–Crippen LogP) is 5.30. The molecule has 524 valence electrons. The summed E-state index contributed by atoms with van der Waals surface area (Å²) in [7, 11) is 6.08. The highest BCUT2D eigenvalue weighted by Crippen LogP contribution is 2.31. The number of amides is 12. The van der Waals surface area contributed by atoms with Gasteiger partial charge in [0, 0.05) is 72.9 Å². The molecule has 2 aromatic rings. The zero-order chi connectivity index (χ0) is 70.1. The summed E-state index contributed by atoms with van der Waals surface area (Å²) in [6.07, 6.45) is 1.06. The minimum Gasteiger partial charge on any atom is -0.445 e. The molecule has 2 aliphatic rings. The number of benzene rings is 2. The first-order valence-corrected chi connectivity index (χ1v) is 33.2. The molecule has 12 atom stereocenters. The molecule has 2 fully saturated rings. The average Bonchev–Trinajstić information content (AvgIpc) is 1.33. The van der Waals surface area contributed by atoms with Crippen LogP contribution in [0.4, 0.5) is 15.3 Å². The van der Waals surface area contributed by atoms with Gasteiger partial charge >= 0.3 is 12.1 Å². The molecule has 2 heterocycles. The third kappa shape index (κ3) is 23.0. The fourth-order valence-corrected chi connectivity index (χ4v) is 12.3. The Morgan fingerprint density at radius 2 is 1.35 bits per heavy atom. The van der Waals surface area contributed by atoms with Crippen LogP contribution in [-0.4, -0.2) is 192 Å². The van der Waals surface area contributed by atoms with Crippen molar-refractivity contribution < 1.29 is 72.1 Å². The van der Waals surface area contributed by atoms with E-state index >= 15 is 0 Å². The Morgan fingerprint density at radius 3 is 1.93 bits per heavy atom. The molecule has 0 aliphatic carbocycles. The van der Waals surface area contributed by atoms with Crippen LogP contribution in [0.1, 0.15) is 164 Å². The Labute approximate surface area is 555 Å². The van der Waals surface area contributed by atoms with Crippen molar-refractivity contribution in [2.45, 2.75) is 213 Å². The van der Waals surface area contributed by atoms with Crippen LogP contribution in [0.2, 0.25) is 0 Å². The number of hydrogen-bond donors (Lipinski definition) is 8. The van der Waals surface area contributed by atoms with Crippen molar-refractivity contribution in [2.75, 3.05) is 53.3 Å². The number of carbonyl (C=O) groups is 11. The lowest BCUT2D eigenvalue weighted by atomic mass is 9.89. The maximum absolute atomic E-state index is 14.8. The number of anilines is 1. The molecule has 2 aliphatic heterocycles. The van der Waals surface area contributed by atoms with Gasteiger partial charge in [0.05, 0.1) is 48.8 Å². The van der Waals surface area contributed by atoms with Gasteiger partial charge in [0.1, 0.15) is 30.8 Å². The van der Waals surface area contributed by atoms with E-state index in [1.54, 1.807) is 109 Å². The van der Waals surface area contributed by atoms with Crippen LogP contribution in [0.25, 0.3) is 0 Å². The van der Waals surface area contributed by atoms with Crippen molar-refractivity contribution in [3.63, 3.8) is 0 Å². The molecule has 0 saturated carbocycles. The molecule has 0 bridgehead atoms. The van der Waals surface area contributed by atoms with Crippen molar-refractivity contribution in [3.8, 4) is 0 Å². The highest BCUT2D eigenvalue weighted by atomic mass is 16.6. The van der Waals surface area contributed by atoms with Crippen LogP contribution in [0, 0.1) is 29.6 Å². The van der Waals surface area contributed by atoms with Crippen molar-refractivity contribution in [1.29, 1.82) is 0 Å². The van der Waals surface area contributed by atoms with Crippen molar-refractivity contribution in [3.05, 3.63) is 65.7 Å². The Morgan fingerprint density at radius 1 is 0.713 bits per heavy atom. The van der Waals surface area contributed by atoms with E-state index in [1.807, 2.05) is 32.0 Å². The minimum atomic E-state index is -1.11. The van der Waals surface area contributed by atoms with Crippen molar-refractivity contribution >= 4 is 71.0 Å². The fraction of sp³-hybridized carbons (Fsp3) is 0.662. The van der Waals surface area contributed by atoms with E-state index in [0.29, 0.717) is 68.4 Å². The van der Waals surface area contributed by atoms with E-state index in [9.17, 15) is 57.8 Å². The number of aliphatic hydroxyl groups is 1. The van der Waals surface area contributed by atoms with Crippen molar-refractivity contribution in [1.82, 2.24) is 46.2 Å². The lowest BCUT2D eigenvalue weighted by molar-refractivity contribution is -0.148. The molecule has 2 aromatic carbocycles. The number of aliphatic hydroxyl groups excluding tert-OH is 1. The Hall–Kier alpha value is -7.71. The maximum Gasteiger partial charge on any atom is 0.410 e. The smallest absolute Gasteiger partial charge is 0.410 e. The number of rotatable bonds is 38. The second-order valence-corrected chi connectivity index (χ2v) is 26.0. The first-order chi connectivity index (χ1) is 44.5. The lowest BCUT2D eigenvalue weighted by Gasteiger charge is -2.41. The quantitative estimate of drug-likeness (QED) is 0.0312. The zero-order valence-electron chi connectivity index (χ0n) is 57.7. The Balaban J connectivity index is 1.37. The number of primary amides is 1. The first kappa shape index (κ1) is 78.7. The van der Waals surface area contributed by atoms with Crippen LogP contribution < -0.4 is 37.6 Å². The second-order valence-electron chi connectivity index (χ2n) is 26.0. The molecule has 26 nitrogen and oxygen atoms in total. The van der Waals surface area contributed by atoms with Gasteiger partial charge in [0.2, 0.25) is 53.2 Å². The number of carbonyl (C=O) groups excluding carboxylic acids is 11. The molecular formula is C68H107N11O15. The van der Waals surface area contributed by atoms with Crippen molar-refractivity contribution in [2.24, 2.45) is 35.3 Å². The number of urea groups is 1. The van der Waals surface area contributed by atoms with Gasteiger partial charge < -0.3 is 66.8 Å². The number of methoxy groups -OCH3 is 2. The van der Waals surface area contributed by atoms with E-state index in [1.165, 1.54) is 31.1 Å². The van der Waals surface area contributed by atoms with Crippen LogP contribution in [-0.2, 0) is 64.0 Å². The Bertz CT molecular complexity index is 2830. The van der Waals surface area contributed by atoms with Gasteiger partial charge in [-0.3, -0.25) is 53.0 Å². The third-order valence-electron chi connectivity index (χ3n) is 18.0. The monoisotopic (exact) mass is 1320 g/mol. The number of ether oxygens (including phenoxy) is 3. The van der Waals surface area contributed by atoms with E-state index in [4.69, 9.17) is 19.9 Å². The van der Waals surface area contributed by atoms with Gasteiger partial charge in [-0.2, -0.15) is 0 Å². The molecule has 0 spiro atoms. The summed E-state index contributed by atoms with van der Waals surface area (Å²) >= 11 is 0. The number of nitrogens with one attached hydrogen (secondary N) is 6. The molecule has 0 aromatic heterocycles. The fourth-order valence-electron chi connectivity index (χ4n) is 12.3. The normalized spacial score (nSPS) is 17.6. The number of hydrogen-bond acceptors (Lipinski definition) is 15. The summed E-state index contributed by atoms with van der Waals surface area (Å²) in [5.74, 6) is -5.62. The van der Waals surface area contributed by atoms with Crippen LogP contribution in [0.5, 0.6) is 0 Å². The van der Waals surface area contributed by atoms with Gasteiger partial charge in [-0.15, -0.1) is 0 Å². The second kappa shape index (κ2) is 38.6. The summed E-state index contributed by atoms with van der Waals surface area (Å²) < 4.78 is 17.8. The summed E-state index contributed by atoms with van der Waals surface area (Å²) in [6, 6.07) is 8.77. The number of nitrogens with two attached hydrogens (primary N) is 1. The van der Waals surface area contributed by atoms with E-state index in [-0.39, 0.29) is 93.0 Å². The molecular weight excluding hydrogens is 1210 g/mol. The average molecular weight is 1320 g/mol. The number of likely N-dealkylation sites (tertiary alicyclic amines) is 2. The van der Waals surface area contributed by atoms with Gasteiger partial charge in [-0.05, 0) is 92.4 Å². The topological polar surface area (TPSA) is 347 Å². The van der Waals surface area contributed by atoms with E-state index < -0.39 is 114 Å². The number of imide groups is 1. The van der Waals surface area contributed by atoms with Gasteiger partial charge in [0.15, 0.2) is 0 Å². The third-order valence-corrected chi connectivity index (χ3v) is 18.0. The van der Waals surface area contributed by atoms with Gasteiger partial charge in [-0.1, -0.05) is 118 Å². The zero-order valence-corrected chi connectivity index (χ0v) is 57.7. The minimum absolute atomic E-state index is 0.0885. The van der Waals surface area contributed by atoms with Gasteiger partial charge in [-0.25, -0.2) is 9.59 Å². The van der Waals surface area contributed by atoms with Crippen LogP contribution in [0.3, 0.4) is 0 Å². The van der Waals surface area contributed by atoms with Crippen LogP contribution >= 0.6 is 0 Å².